The van der Waals surface area contributed by atoms with Gasteiger partial charge in [0.2, 0.25) is 0 Å². The van der Waals surface area contributed by atoms with Crippen LogP contribution >= 0.6 is 0 Å². The second-order valence-corrected chi connectivity index (χ2v) is 10.7. The van der Waals surface area contributed by atoms with Gasteiger partial charge in [0.25, 0.3) is 0 Å². The molecule has 0 atom stereocenters. The van der Waals surface area contributed by atoms with Crippen LogP contribution in [0.1, 0.15) is 141 Å². The molecular formula is C35H55NO. The number of nitrogens with zero attached hydrogens (tertiary/aromatic N) is 1. The van der Waals surface area contributed by atoms with Crippen LogP contribution in [0.4, 0.5) is 5.69 Å². The summed E-state index contributed by atoms with van der Waals surface area (Å²) in [6, 6.07) is 16.9. The van der Waals surface area contributed by atoms with Gasteiger partial charge in [0.05, 0.1) is 12.3 Å². The van der Waals surface area contributed by atoms with Crippen molar-refractivity contribution >= 4 is 11.9 Å². The van der Waals surface area contributed by atoms with E-state index in [2.05, 4.69) is 67.4 Å². The van der Waals surface area contributed by atoms with Crippen molar-refractivity contribution in [1.82, 2.24) is 0 Å². The minimum atomic E-state index is 0.816. The molecule has 2 nitrogen and oxygen atoms in total. The Morgan fingerprint density at radius 1 is 0.541 bits per heavy atom. The lowest BCUT2D eigenvalue weighted by molar-refractivity contribution is 0.304. The van der Waals surface area contributed by atoms with E-state index in [0.29, 0.717) is 0 Å². The average molecular weight is 506 g/mol. The first-order valence-electron chi connectivity index (χ1n) is 15.7. The van der Waals surface area contributed by atoms with Crippen LogP contribution in [0.5, 0.6) is 5.75 Å². The van der Waals surface area contributed by atoms with E-state index in [4.69, 9.17) is 4.74 Å². The second-order valence-electron chi connectivity index (χ2n) is 10.7. The third-order valence-electron chi connectivity index (χ3n) is 7.26. The molecule has 2 aromatic rings. The Hall–Kier alpha value is -2.09. The summed E-state index contributed by atoms with van der Waals surface area (Å²) in [5.74, 6) is 0.957. The van der Waals surface area contributed by atoms with E-state index in [1.807, 2.05) is 6.21 Å². The number of rotatable bonds is 23. The van der Waals surface area contributed by atoms with Crippen molar-refractivity contribution in [3.8, 4) is 5.75 Å². The Bertz CT molecular complexity index is 793. The molecule has 2 heteroatoms. The highest BCUT2D eigenvalue weighted by Crippen LogP contribution is 2.17. The lowest BCUT2D eigenvalue weighted by Gasteiger charge is -2.07. The van der Waals surface area contributed by atoms with Crippen molar-refractivity contribution in [2.24, 2.45) is 4.99 Å². The number of hydrogen-bond acceptors (Lipinski definition) is 2. The highest BCUT2D eigenvalue weighted by atomic mass is 16.5. The molecule has 0 fully saturated rings. The number of aliphatic imine (C=N–C) groups is 1. The molecule has 0 aliphatic heterocycles. The first-order valence-corrected chi connectivity index (χ1v) is 15.7. The number of aryl methyl sites for hydroxylation is 1. The number of benzene rings is 2. The third-order valence-corrected chi connectivity index (χ3v) is 7.26. The lowest BCUT2D eigenvalue weighted by atomic mass is 10.0. The minimum absolute atomic E-state index is 0.816. The number of ether oxygens (including phenoxy) is 1. The van der Waals surface area contributed by atoms with Crippen LogP contribution in [0.3, 0.4) is 0 Å². The maximum Gasteiger partial charge on any atom is 0.119 e. The molecule has 0 aromatic heterocycles. The molecule has 0 saturated heterocycles. The molecule has 0 aliphatic rings. The Morgan fingerprint density at radius 2 is 1.03 bits per heavy atom. The minimum Gasteiger partial charge on any atom is -0.494 e. The van der Waals surface area contributed by atoms with Gasteiger partial charge in [-0.3, -0.25) is 4.99 Å². The standard InChI is InChI=1S/C35H55NO/c1-3-5-7-8-9-10-11-12-13-14-15-16-17-18-19-20-30-37-35-28-24-33(25-29-35)31-36-34-26-22-32(23-27-34)21-6-4-2/h22-29,31H,3-21,30H2,1-2H3. The molecule has 0 bridgehead atoms. The highest BCUT2D eigenvalue weighted by Gasteiger charge is 1.98. The fourth-order valence-electron chi connectivity index (χ4n) is 4.77. The molecular weight excluding hydrogens is 450 g/mol. The predicted octanol–water partition coefficient (Wildman–Crippen LogP) is 11.4. The molecule has 2 aromatic carbocycles. The molecule has 0 unspecified atom stereocenters. The zero-order chi connectivity index (χ0) is 26.2. The van der Waals surface area contributed by atoms with Crippen molar-refractivity contribution in [3.05, 3.63) is 59.7 Å². The Labute approximate surface area is 229 Å². The second kappa shape index (κ2) is 21.9. The van der Waals surface area contributed by atoms with Crippen molar-refractivity contribution in [2.75, 3.05) is 6.61 Å². The molecule has 0 heterocycles. The summed E-state index contributed by atoms with van der Waals surface area (Å²) < 4.78 is 5.94. The molecule has 0 saturated carbocycles. The van der Waals surface area contributed by atoms with Gasteiger partial charge in [-0.15, -0.1) is 0 Å². The van der Waals surface area contributed by atoms with Gasteiger partial charge in [-0.1, -0.05) is 129 Å². The SMILES string of the molecule is CCCCCCCCCCCCCCCCCCOc1ccc(C=Nc2ccc(CCCC)cc2)cc1. The highest BCUT2D eigenvalue weighted by molar-refractivity contribution is 5.82. The van der Waals surface area contributed by atoms with Gasteiger partial charge in [0.15, 0.2) is 0 Å². The molecule has 0 amide bonds. The Morgan fingerprint density at radius 3 is 1.54 bits per heavy atom. The van der Waals surface area contributed by atoms with E-state index in [-0.39, 0.29) is 0 Å². The number of unbranched alkanes of at least 4 members (excludes halogenated alkanes) is 16. The molecule has 37 heavy (non-hydrogen) atoms. The van der Waals surface area contributed by atoms with Crippen LogP contribution in [0, 0.1) is 0 Å². The zero-order valence-electron chi connectivity index (χ0n) is 24.2. The summed E-state index contributed by atoms with van der Waals surface area (Å²) in [6.07, 6.45) is 27.9. The smallest absolute Gasteiger partial charge is 0.119 e. The summed E-state index contributed by atoms with van der Waals surface area (Å²) >= 11 is 0. The largest absolute Gasteiger partial charge is 0.494 e. The Kier molecular flexibility index (Phi) is 18.5. The first kappa shape index (κ1) is 31.1. The maximum atomic E-state index is 5.94. The van der Waals surface area contributed by atoms with E-state index in [0.717, 1.165) is 36.4 Å². The summed E-state index contributed by atoms with van der Waals surface area (Å²) in [7, 11) is 0. The lowest BCUT2D eigenvalue weighted by Crippen LogP contribution is -1.97. The first-order chi connectivity index (χ1) is 18.3. The zero-order valence-corrected chi connectivity index (χ0v) is 24.2. The van der Waals surface area contributed by atoms with Crippen LogP contribution in [0.2, 0.25) is 0 Å². The van der Waals surface area contributed by atoms with Crippen LogP contribution < -0.4 is 4.74 Å². The summed E-state index contributed by atoms with van der Waals surface area (Å²) in [5, 5.41) is 0. The third kappa shape index (κ3) is 16.4. The van der Waals surface area contributed by atoms with E-state index in [9.17, 15) is 0 Å². The van der Waals surface area contributed by atoms with Gasteiger partial charge < -0.3 is 4.74 Å². The number of hydrogen-bond donors (Lipinski definition) is 0. The topological polar surface area (TPSA) is 21.6 Å². The van der Waals surface area contributed by atoms with E-state index in [1.54, 1.807) is 0 Å². The van der Waals surface area contributed by atoms with Crippen molar-refractivity contribution in [2.45, 2.75) is 136 Å². The molecule has 206 valence electrons. The van der Waals surface area contributed by atoms with Crippen LogP contribution in [0.15, 0.2) is 53.5 Å². The van der Waals surface area contributed by atoms with Gasteiger partial charge in [-0.25, -0.2) is 0 Å². The quantitative estimate of drug-likeness (QED) is 0.109. The van der Waals surface area contributed by atoms with Gasteiger partial charge in [-0.2, -0.15) is 0 Å². The van der Waals surface area contributed by atoms with Crippen LogP contribution in [-0.2, 0) is 6.42 Å². The normalized spacial score (nSPS) is 11.4. The molecule has 0 spiro atoms. The van der Waals surface area contributed by atoms with E-state index in [1.165, 1.54) is 115 Å². The fourth-order valence-corrected chi connectivity index (χ4v) is 4.77. The fraction of sp³-hybridized carbons (Fsp3) is 0.629. The van der Waals surface area contributed by atoms with E-state index >= 15 is 0 Å². The summed E-state index contributed by atoms with van der Waals surface area (Å²) in [6.45, 7) is 5.34. The molecule has 2 rings (SSSR count). The Balaban J connectivity index is 1.42. The molecule has 0 radical (unpaired) electrons. The van der Waals surface area contributed by atoms with E-state index < -0.39 is 0 Å². The predicted molar refractivity (Wildman–Crippen MR) is 164 cm³/mol. The van der Waals surface area contributed by atoms with Crippen LogP contribution in [-0.4, -0.2) is 12.8 Å². The maximum absolute atomic E-state index is 5.94. The van der Waals surface area contributed by atoms with Crippen LogP contribution in [0.25, 0.3) is 0 Å². The molecule has 0 N–H and O–H groups in total. The van der Waals surface area contributed by atoms with Crippen molar-refractivity contribution < 1.29 is 4.74 Å². The summed E-state index contributed by atoms with van der Waals surface area (Å²) in [5.41, 5.74) is 3.50. The van der Waals surface area contributed by atoms with Crippen molar-refractivity contribution in [3.63, 3.8) is 0 Å². The van der Waals surface area contributed by atoms with Gasteiger partial charge in [-0.05, 0) is 66.8 Å². The van der Waals surface area contributed by atoms with Gasteiger partial charge in [0, 0.05) is 6.21 Å². The van der Waals surface area contributed by atoms with Crippen molar-refractivity contribution in [1.29, 1.82) is 0 Å². The average Bonchev–Trinajstić information content (AvgIpc) is 2.93. The van der Waals surface area contributed by atoms with Gasteiger partial charge in [0.1, 0.15) is 5.75 Å². The monoisotopic (exact) mass is 505 g/mol. The summed E-state index contributed by atoms with van der Waals surface area (Å²) in [4.78, 5) is 4.61. The molecule has 0 aliphatic carbocycles. The van der Waals surface area contributed by atoms with Gasteiger partial charge >= 0.3 is 0 Å².